The molecule has 1 aliphatic carbocycles. The van der Waals surface area contributed by atoms with Crippen molar-refractivity contribution in [3.05, 3.63) is 82.7 Å². The number of hydrogen-bond donors (Lipinski definition) is 1. The van der Waals surface area contributed by atoms with Crippen LogP contribution in [0.4, 0.5) is 0 Å². The first kappa shape index (κ1) is 19.7. The summed E-state index contributed by atoms with van der Waals surface area (Å²) < 4.78 is 0. The van der Waals surface area contributed by atoms with Crippen molar-refractivity contribution < 1.29 is 4.84 Å². The molecule has 0 spiro atoms. The van der Waals surface area contributed by atoms with E-state index in [2.05, 4.69) is 75.4 Å². The van der Waals surface area contributed by atoms with Crippen molar-refractivity contribution in [3.63, 3.8) is 0 Å². The number of nitrogens with zero attached hydrogens (tertiary/aromatic N) is 2. The Balaban J connectivity index is 1.91. The molecule has 0 saturated carbocycles. The van der Waals surface area contributed by atoms with E-state index < -0.39 is 0 Å². The van der Waals surface area contributed by atoms with Crippen LogP contribution in [0.2, 0.25) is 0 Å². The molecule has 1 unspecified atom stereocenters. The first-order chi connectivity index (χ1) is 13.2. The van der Waals surface area contributed by atoms with Crippen LogP contribution in [0.25, 0.3) is 5.57 Å². The Morgan fingerprint density at radius 1 is 1.32 bits per heavy atom. The van der Waals surface area contributed by atoms with E-state index in [-0.39, 0.29) is 11.3 Å². The van der Waals surface area contributed by atoms with Crippen molar-refractivity contribution in [2.75, 3.05) is 0 Å². The van der Waals surface area contributed by atoms with Crippen LogP contribution in [0.3, 0.4) is 0 Å². The van der Waals surface area contributed by atoms with Gasteiger partial charge in [0.25, 0.3) is 0 Å². The highest BCUT2D eigenvalue weighted by atomic mass is 16.6. The first-order valence-corrected chi connectivity index (χ1v) is 9.42. The van der Waals surface area contributed by atoms with Crippen LogP contribution >= 0.6 is 0 Å². The second-order valence-electron chi connectivity index (χ2n) is 7.97. The van der Waals surface area contributed by atoms with Crippen molar-refractivity contribution in [2.45, 2.75) is 45.4 Å². The van der Waals surface area contributed by atoms with Gasteiger partial charge in [0, 0.05) is 23.9 Å². The predicted octanol–water partition coefficient (Wildman–Crippen LogP) is 5.55. The molecule has 144 valence electrons. The molecule has 1 atom stereocenters. The molecule has 1 aromatic heterocycles. The summed E-state index contributed by atoms with van der Waals surface area (Å²) >= 11 is 0. The van der Waals surface area contributed by atoms with Crippen LogP contribution in [0.5, 0.6) is 0 Å². The number of allylic oxidation sites excluding steroid dienone is 2. The lowest BCUT2D eigenvalue weighted by Crippen LogP contribution is -2.21. The fourth-order valence-corrected chi connectivity index (χ4v) is 3.71. The summed E-state index contributed by atoms with van der Waals surface area (Å²) in [6, 6.07) is 8.46. The highest BCUT2D eigenvalue weighted by Crippen LogP contribution is 2.40. The van der Waals surface area contributed by atoms with Gasteiger partial charge in [-0.2, -0.15) is 0 Å². The number of pyridine rings is 1. The Morgan fingerprint density at radius 2 is 2.07 bits per heavy atom. The van der Waals surface area contributed by atoms with Gasteiger partial charge < -0.3 is 4.84 Å². The molecule has 3 rings (SSSR count). The third-order valence-electron chi connectivity index (χ3n) is 5.38. The largest absolute Gasteiger partial charge is 0.342 e. The molecule has 28 heavy (non-hydrogen) atoms. The Hall–Kier alpha value is -3.01. The van der Waals surface area contributed by atoms with Crippen molar-refractivity contribution in [3.8, 4) is 0 Å². The maximum absolute atomic E-state index is 7.66. The van der Waals surface area contributed by atoms with Gasteiger partial charge in [-0.25, -0.2) is 0 Å². The first-order valence-electron chi connectivity index (χ1n) is 9.42. The second-order valence-corrected chi connectivity index (χ2v) is 7.97. The summed E-state index contributed by atoms with van der Waals surface area (Å²) in [7, 11) is 0. The minimum atomic E-state index is 0.00140. The Labute approximate surface area is 167 Å². The molecule has 1 aliphatic rings. The Bertz CT molecular complexity index is 968. The van der Waals surface area contributed by atoms with Crippen LogP contribution in [-0.4, -0.2) is 17.6 Å². The molecule has 2 aromatic rings. The second kappa shape index (κ2) is 7.55. The molecular weight excluding hydrogens is 346 g/mol. The quantitative estimate of drug-likeness (QED) is 0.323. The number of rotatable bonds is 5. The number of oxime groups is 1. The van der Waals surface area contributed by atoms with E-state index in [4.69, 9.17) is 10.2 Å². The lowest BCUT2D eigenvalue weighted by atomic mass is 9.72. The molecule has 0 amide bonds. The van der Waals surface area contributed by atoms with Crippen LogP contribution < -0.4 is 0 Å². The summed E-state index contributed by atoms with van der Waals surface area (Å²) in [5.41, 5.74) is 7.69. The van der Waals surface area contributed by atoms with Gasteiger partial charge >= 0.3 is 0 Å². The molecule has 1 N–H and O–H groups in total. The SMILES string of the molecule is C=NOC(=N)Cc1ccc(C(=C)c2cc3c(cc2C)C(C)C=CC3(C)C)nc1. The standard InChI is InChI=1S/C24H27N3O/c1-15-9-10-24(4,5)21-13-19(16(2)11-20(15)21)17(3)22-8-7-18(14-27-22)12-23(25)28-26-6/h7-11,13-15,25H,3,6,12H2,1-2,4-5H3. The third-order valence-corrected chi connectivity index (χ3v) is 5.38. The molecule has 0 fully saturated rings. The van der Waals surface area contributed by atoms with Gasteiger partial charge in [0.05, 0.1) is 12.1 Å². The zero-order valence-electron chi connectivity index (χ0n) is 17.0. The van der Waals surface area contributed by atoms with Crippen molar-refractivity contribution in [1.82, 2.24) is 4.98 Å². The topological polar surface area (TPSA) is 58.3 Å². The van der Waals surface area contributed by atoms with Crippen LogP contribution in [0, 0.1) is 12.3 Å². The maximum Gasteiger partial charge on any atom is 0.221 e. The number of nitrogens with one attached hydrogen (secondary N) is 1. The zero-order valence-corrected chi connectivity index (χ0v) is 17.0. The fourth-order valence-electron chi connectivity index (χ4n) is 3.71. The normalized spacial score (nSPS) is 16.9. The number of aryl methyl sites for hydroxylation is 1. The van der Waals surface area contributed by atoms with Crippen LogP contribution in [-0.2, 0) is 16.7 Å². The maximum atomic E-state index is 7.66. The van der Waals surface area contributed by atoms with Gasteiger partial charge in [-0.05, 0) is 52.8 Å². The van der Waals surface area contributed by atoms with Crippen molar-refractivity contribution in [1.29, 1.82) is 5.41 Å². The Kier molecular flexibility index (Phi) is 5.32. The van der Waals surface area contributed by atoms with E-state index >= 15 is 0 Å². The highest BCUT2D eigenvalue weighted by molar-refractivity contribution is 5.79. The van der Waals surface area contributed by atoms with E-state index in [9.17, 15) is 0 Å². The van der Waals surface area contributed by atoms with Gasteiger partial charge in [-0.1, -0.05) is 56.8 Å². The van der Waals surface area contributed by atoms with Crippen molar-refractivity contribution in [2.24, 2.45) is 5.16 Å². The Morgan fingerprint density at radius 3 is 2.71 bits per heavy atom. The molecule has 1 heterocycles. The van der Waals surface area contributed by atoms with Gasteiger partial charge in [0.2, 0.25) is 5.90 Å². The molecule has 0 aliphatic heterocycles. The average Bonchev–Trinajstić information content (AvgIpc) is 2.65. The van der Waals surface area contributed by atoms with E-state index in [0.29, 0.717) is 12.3 Å². The molecular formula is C24H27N3O. The third kappa shape index (κ3) is 3.81. The van der Waals surface area contributed by atoms with Crippen LogP contribution in [0.1, 0.15) is 60.2 Å². The molecule has 0 radical (unpaired) electrons. The predicted molar refractivity (Wildman–Crippen MR) is 116 cm³/mol. The summed E-state index contributed by atoms with van der Waals surface area (Å²) in [5, 5.41) is 10.9. The molecule has 0 saturated heterocycles. The summed E-state index contributed by atoms with van der Waals surface area (Å²) in [6.07, 6.45) is 6.67. The summed E-state index contributed by atoms with van der Waals surface area (Å²) in [4.78, 5) is 9.30. The zero-order chi connectivity index (χ0) is 20.5. The summed E-state index contributed by atoms with van der Waals surface area (Å²) in [5.74, 6) is 0.461. The lowest BCUT2D eigenvalue weighted by Gasteiger charge is -2.32. The van der Waals surface area contributed by atoms with Gasteiger partial charge in [0.1, 0.15) is 0 Å². The molecule has 4 nitrogen and oxygen atoms in total. The fraction of sp³-hybridized carbons (Fsp3) is 0.292. The molecule has 0 bridgehead atoms. The number of aromatic nitrogens is 1. The average molecular weight is 374 g/mol. The minimum Gasteiger partial charge on any atom is -0.342 e. The van der Waals surface area contributed by atoms with E-state index in [0.717, 1.165) is 22.4 Å². The monoisotopic (exact) mass is 373 g/mol. The van der Waals surface area contributed by atoms with E-state index in [1.165, 1.54) is 16.7 Å². The smallest absolute Gasteiger partial charge is 0.221 e. The number of fused-ring (bicyclic) bond motifs is 1. The minimum absolute atomic E-state index is 0.00140. The number of benzene rings is 1. The van der Waals surface area contributed by atoms with Crippen molar-refractivity contribution >= 4 is 18.2 Å². The molecule has 1 aromatic carbocycles. The van der Waals surface area contributed by atoms with E-state index in [1.54, 1.807) is 6.20 Å². The van der Waals surface area contributed by atoms with Gasteiger partial charge in [0.15, 0.2) is 0 Å². The highest BCUT2D eigenvalue weighted by Gasteiger charge is 2.28. The van der Waals surface area contributed by atoms with Gasteiger partial charge in [-0.15, -0.1) is 0 Å². The van der Waals surface area contributed by atoms with E-state index in [1.807, 2.05) is 12.1 Å². The summed E-state index contributed by atoms with van der Waals surface area (Å²) in [6.45, 7) is 16.4. The van der Waals surface area contributed by atoms with Crippen LogP contribution in [0.15, 0.2) is 54.3 Å². The number of hydrogen-bond acceptors (Lipinski definition) is 4. The van der Waals surface area contributed by atoms with Gasteiger partial charge in [-0.3, -0.25) is 10.4 Å². The molecule has 4 heteroatoms. The lowest BCUT2D eigenvalue weighted by molar-refractivity contribution is 0.321.